The Morgan fingerprint density at radius 1 is 1.35 bits per heavy atom. The molecule has 0 fully saturated rings. The summed E-state index contributed by atoms with van der Waals surface area (Å²) in [7, 11) is 1.25. The lowest BCUT2D eigenvalue weighted by Crippen LogP contribution is -2.34. The Balaban J connectivity index is 2.50. The first-order chi connectivity index (χ1) is 8.04. The SMILES string of the molecule is COC(=O)C(Cl)CNC(=O)c1ccc(C)cc1. The van der Waals surface area contributed by atoms with Crippen LogP contribution in [0.4, 0.5) is 0 Å². The molecule has 1 aromatic rings. The van der Waals surface area contributed by atoms with Gasteiger partial charge in [0, 0.05) is 12.1 Å². The highest BCUT2D eigenvalue weighted by Crippen LogP contribution is 2.03. The van der Waals surface area contributed by atoms with E-state index in [0.717, 1.165) is 5.56 Å². The number of carbonyl (C=O) groups is 2. The molecule has 0 aliphatic carbocycles. The van der Waals surface area contributed by atoms with E-state index >= 15 is 0 Å². The smallest absolute Gasteiger partial charge is 0.325 e. The molecule has 1 aromatic carbocycles. The summed E-state index contributed by atoms with van der Waals surface area (Å²) in [5.74, 6) is -0.824. The number of esters is 1. The second-order valence-electron chi connectivity index (χ2n) is 3.57. The number of hydrogen-bond donors (Lipinski definition) is 1. The van der Waals surface area contributed by atoms with Gasteiger partial charge in [0.25, 0.3) is 5.91 Å². The average Bonchev–Trinajstić information content (AvgIpc) is 2.35. The largest absolute Gasteiger partial charge is 0.468 e. The number of amides is 1. The van der Waals surface area contributed by atoms with Crippen LogP contribution in [-0.4, -0.2) is 30.9 Å². The van der Waals surface area contributed by atoms with E-state index in [1.807, 2.05) is 19.1 Å². The molecule has 1 N–H and O–H groups in total. The van der Waals surface area contributed by atoms with Crippen molar-refractivity contribution in [2.24, 2.45) is 0 Å². The van der Waals surface area contributed by atoms with Crippen LogP contribution in [-0.2, 0) is 9.53 Å². The van der Waals surface area contributed by atoms with Gasteiger partial charge >= 0.3 is 5.97 Å². The van der Waals surface area contributed by atoms with Gasteiger partial charge in [0.15, 0.2) is 0 Å². The molecule has 1 atom stereocenters. The van der Waals surface area contributed by atoms with E-state index in [0.29, 0.717) is 5.56 Å². The fourth-order valence-corrected chi connectivity index (χ4v) is 1.37. The molecular formula is C12H14ClNO3. The van der Waals surface area contributed by atoms with Crippen LogP contribution in [0.25, 0.3) is 0 Å². The molecule has 5 heteroatoms. The highest BCUT2D eigenvalue weighted by Gasteiger charge is 2.16. The lowest BCUT2D eigenvalue weighted by atomic mass is 10.1. The maximum atomic E-state index is 11.6. The van der Waals surface area contributed by atoms with E-state index in [1.54, 1.807) is 12.1 Å². The van der Waals surface area contributed by atoms with Gasteiger partial charge in [-0.25, -0.2) is 0 Å². The number of rotatable bonds is 4. The van der Waals surface area contributed by atoms with Gasteiger partial charge in [0.05, 0.1) is 7.11 Å². The normalized spacial score (nSPS) is 11.7. The average molecular weight is 256 g/mol. The van der Waals surface area contributed by atoms with Crippen LogP contribution in [0.5, 0.6) is 0 Å². The topological polar surface area (TPSA) is 55.4 Å². The molecule has 17 heavy (non-hydrogen) atoms. The Labute approximate surface area is 105 Å². The Morgan fingerprint density at radius 2 is 1.94 bits per heavy atom. The zero-order valence-corrected chi connectivity index (χ0v) is 10.5. The molecule has 0 aliphatic rings. The number of benzene rings is 1. The van der Waals surface area contributed by atoms with E-state index in [1.165, 1.54) is 7.11 Å². The number of ether oxygens (including phenoxy) is 1. The van der Waals surface area contributed by atoms with Gasteiger partial charge in [-0.3, -0.25) is 9.59 Å². The molecule has 0 saturated carbocycles. The zero-order valence-electron chi connectivity index (χ0n) is 9.70. The highest BCUT2D eigenvalue weighted by atomic mass is 35.5. The van der Waals surface area contributed by atoms with E-state index in [4.69, 9.17) is 11.6 Å². The van der Waals surface area contributed by atoms with Crippen LogP contribution in [0.1, 0.15) is 15.9 Å². The third-order valence-electron chi connectivity index (χ3n) is 2.21. The highest BCUT2D eigenvalue weighted by molar-refractivity contribution is 6.30. The molecule has 0 aromatic heterocycles. The number of aryl methyl sites for hydroxylation is 1. The second-order valence-corrected chi connectivity index (χ2v) is 4.09. The fraction of sp³-hybridized carbons (Fsp3) is 0.333. The zero-order chi connectivity index (χ0) is 12.8. The molecule has 0 radical (unpaired) electrons. The minimum atomic E-state index is -0.866. The first-order valence-electron chi connectivity index (χ1n) is 5.11. The Morgan fingerprint density at radius 3 is 2.47 bits per heavy atom. The molecule has 1 unspecified atom stereocenters. The molecule has 0 bridgehead atoms. The Hall–Kier alpha value is -1.55. The summed E-state index contributed by atoms with van der Waals surface area (Å²) in [5.41, 5.74) is 1.61. The van der Waals surface area contributed by atoms with E-state index in [2.05, 4.69) is 10.1 Å². The first-order valence-corrected chi connectivity index (χ1v) is 5.55. The summed E-state index contributed by atoms with van der Waals surface area (Å²) >= 11 is 5.70. The van der Waals surface area contributed by atoms with Gasteiger partial charge < -0.3 is 10.1 Å². The number of carbonyl (C=O) groups excluding carboxylic acids is 2. The third-order valence-corrected chi connectivity index (χ3v) is 2.55. The van der Waals surface area contributed by atoms with Crippen molar-refractivity contribution in [2.75, 3.05) is 13.7 Å². The fourth-order valence-electron chi connectivity index (χ4n) is 1.20. The summed E-state index contributed by atoms with van der Waals surface area (Å²) < 4.78 is 4.44. The Kier molecular flexibility index (Phi) is 4.97. The predicted octanol–water partition coefficient (Wildman–Crippen LogP) is 1.51. The number of alkyl halides is 1. The maximum Gasteiger partial charge on any atom is 0.325 e. The summed E-state index contributed by atoms with van der Waals surface area (Å²) in [6.07, 6.45) is 0. The van der Waals surface area contributed by atoms with Gasteiger partial charge in [0.2, 0.25) is 0 Å². The van der Waals surface area contributed by atoms with Gasteiger partial charge in [-0.2, -0.15) is 0 Å². The molecule has 4 nitrogen and oxygen atoms in total. The van der Waals surface area contributed by atoms with Crippen molar-refractivity contribution in [3.8, 4) is 0 Å². The molecule has 1 amide bonds. The van der Waals surface area contributed by atoms with Crippen LogP contribution < -0.4 is 5.32 Å². The van der Waals surface area contributed by atoms with Crippen LogP contribution in [0, 0.1) is 6.92 Å². The van der Waals surface area contributed by atoms with Crippen LogP contribution in [0.2, 0.25) is 0 Å². The molecule has 0 spiro atoms. The summed E-state index contributed by atoms with van der Waals surface area (Å²) in [6.45, 7) is 1.98. The molecule has 0 heterocycles. The van der Waals surface area contributed by atoms with Crippen molar-refractivity contribution in [2.45, 2.75) is 12.3 Å². The molecule has 92 valence electrons. The van der Waals surface area contributed by atoms with Crippen molar-refractivity contribution in [3.05, 3.63) is 35.4 Å². The number of halogens is 1. The summed E-state index contributed by atoms with van der Waals surface area (Å²) in [4.78, 5) is 22.6. The molecule has 0 saturated heterocycles. The van der Waals surface area contributed by atoms with Crippen LogP contribution in [0.15, 0.2) is 24.3 Å². The number of hydrogen-bond acceptors (Lipinski definition) is 3. The van der Waals surface area contributed by atoms with Crippen LogP contribution in [0.3, 0.4) is 0 Å². The van der Waals surface area contributed by atoms with Crippen molar-refractivity contribution in [3.63, 3.8) is 0 Å². The molecule has 0 aliphatic heterocycles. The van der Waals surface area contributed by atoms with Gasteiger partial charge in [-0.05, 0) is 19.1 Å². The molecular weight excluding hydrogens is 242 g/mol. The monoisotopic (exact) mass is 255 g/mol. The van der Waals surface area contributed by atoms with E-state index in [-0.39, 0.29) is 12.5 Å². The number of nitrogens with one attached hydrogen (secondary N) is 1. The van der Waals surface area contributed by atoms with Crippen LogP contribution >= 0.6 is 11.6 Å². The number of methoxy groups -OCH3 is 1. The van der Waals surface area contributed by atoms with Crippen molar-refractivity contribution in [1.82, 2.24) is 5.32 Å². The van der Waals surface area contributed by atoms with Crippen molar-refractivity contribution in [1.29, 1.82) is 0 Å². The lowest BCUT2D eigenvalue weighted by molar-refractivity contribution is -0.140. The maximum absolute atomic E-state index is 11.6. The first kappa shape index (κ1) is 13.5. The standard InChI is InChI=1S/C12H14ClNO3/c1-8-3-5-9(6-4-8)11(15)14-7-10(13)12(16)17-2/h3-6,10H,7H2,1-2H3,(H,14,15). The Bertz CT molecular complexity index is 403. The summed E-state index contributed by atoms with van der Waals surface area (Å²) in [5, 5.41) is 1.70. The summed E-state index contributed by atoms with van der Waals surface area (Å²) in [6, 6.07) is 7.11. The van der Waals surface area contributed by atoms with Gasteiger partial charge in [0.1, 0.15) is 5.38 Å². The minimum Gasteiger partial charge on any atom is -0.468 e. The second kappa shape index (κ2) is 6.25. The lowest BCUT2D eigenvalue weighted by Gasteiger charge is -2.09. The van der Waals surface area contributed by atoms with Crippen molar-refractivity contribution >= 4 is 23.5 Å². The molecule has 1 rings (SSSR count). The van der Waals surface area contributed by atoms with Gasteiger partial charge in [-0.15, -0.1) is 11.6 Å². The van der Waals surface area contributed by atoms with Gasteiger partial charge in [-0.1, -0.05) is 17.7 Å². The predicted molar refractivity (Wildman–Crippen MR) is 65.2 cm³/mol. The van der Waals surface area contributed by atoms with Crippen molar-refractivity contribution < 1.29 is 14.3 Å². The van der Waals surface area contributed by atoms with E-state index < -0.39 is 11.3 Å². The minimum absolute atomic E-state index is 0.0426. The third kappa shape index (κ3) is 4.07. The quantitative estimate of drug-likeness (QED) is 0.655. The van der Waals surface area contributed by atoms with E-state index in [9.17, 15) is 9.59 Å².